The van der Waals surface area contributed by atoms with Crippen LogP contribution in [0.3, 0.4) is 0 Å². The molecule has 2 aromatic rings. The minimum atomic E-state index is 0.197. The van der Waals surface area contributed by atoms with Crippen molar-refractivity contribution < 1.29 is 14.2 Å². The monoisotopic (exact) mass is 371 g/mol. The fourth-order valence-electron chi connectivity index (χ4n) is 3.42. The van der Waals surface area contributed by atoms with Crippen LogP contribution in [0.15, 0.2) is 24.3 Å². The van der Waals surface area contributed by atoms with Crippen molar-refractivity contribution in [2.45, 2.75) is 19.4 Å². The van der Waals surface area contributed by atoms with Crippen LogP contribution in [0.2, 0.25) is 0 Å². The molecule has 2 bridgehead atoms. The molecule has 1 aromatic heterocycles. The van der Waals surface area contributed by atoms with Crippen LogP contribution in [0.1, 0.15) is 18.9 Å². The topological polar surface area (TPSA) is 56.7 Å². The standard InChI is InChI=1S/C19H21N3O3S/c1-2-23-16-7-3-5-14(11-16)6-4-10-24-18-19(21-26-20-18)25-17-13-22-9-8-15(17)12-22/h3,5,7,11,15,17H,2,8-10,12-13H2,1H3. The van der Waals surface area contributed by atoms with Crippen molar-refractivity contribution in [2.75, 3.05) is 32.8 Å². The van der Waals surface area contributed by atoms with Crippen LogP contribution in [0.25, 0.3) is 0 Å². The van der Waals surface area contributed by atoms with Gasteiger partial charge in [-0.2, -0.15) is 0 Å². The fourth-order valence-corrected chi connectivity index (χ4v) is 3.86. The average Bonchev–Trinajstić information content (AvgIpc) is 3.37. The second-order valence-electron chi connectivity index (χ2n) is 6.39. The number of rotatable bonds is 6. The van der Waals surface area contributed by atoms with Gasteiger partial charge in [0.2, 0.25) is 0 Å². The van der Waals surface area contributed by atoms with Crippen LogP contribution in [0, 0.1) is 17.8 Å². The van der Waals surface area contributed by atoms with Gasteiger partial charge in [-0.1, -0.05) is 17.9 Å². The van der Waals surface area contributed by atoms with Gasteiger partial charge >= 0.3 is 0 Å². The van der Waals surface area contributed by atoms with Crippen molar-refractivity contribution in [2.24, 2.45) is 5.92 Å². The molecule has 0 N–H and O–H groups in total. The normalized spacial score (nSPS) is 23.3. The Morgan fingerprint density at radius 3 is 2.96 bits per heavy atom. The second kappa shape index (κ2) is 7.94. The first-order valence-corrected chi connectivity index (χ1v) is 9.61. The highest BCUT2D eigenvalue weighted by atomic mass is 32.1. The summed E-state index contributed by atoms with van der Waals surface area (Å²) in [5.74, 6) is 8.42. The zero-order valence-electron chi connectivity index (χ0n) is 14.7. The smallest absolute Gasteiger partial charge is 0.292 e. The lowest BCUT2D eigenvalue weighted by Gasteiger charge is -2.22. The van der Waals surface area contributed by atoms with E-state index in [1.54, 1.807) is 0 Å². The van der Waals surface area contributed by atoms with E-state index < -0.39 is 0 Å². The van der Waals surface area contributed by atoms with E-state index in [0.717, 1.165) is 36.1 Å². The molecule has 2 fully saturated rings. The van der Waals surface area contributed by atoms with E-state index >= 15 is 0 Å². The van der Waals surface area contributed by atoms with E-state index in [0.29, 0.717) is 24.3 Å². The molecule has 0 amide bonds. The number of benzene rings is 1. The third-order valence-corrected chi connectivity index (χ3v) is 5.12. The predicted molar refractivity (Wildman–Crippen MR) is 98.9 cm³/mol. The Balaban J connectivity index is 1.32. The van der Waals surface area contributed by atoms with Crippen LogP contribution in [-0.4, -0.2) is 52.6 Å². The summed E-state index contributed by atoms with van der Waals surface area (Å²) in [5, 5.41) is 0. The Morgan fingerprint density at radius 2 is 2.15 bits per heavy atom. The highest BCUT2D eigenvalue weighted by Crippen LogP contribution is 2.33. The highest BCUT2D eigenvalue weighted by Gasteiger charge is 2.40. The zero-order valence-corrected chi connectivity index (χ0v) is 15.5. The molecule has 3 heterocycles. The SMILES string of the molecule is CCOc1cccc(C#CCOc2nsnc2OC2CN3CCC2C3)c1. The van der Waals surface area contributed by atoms with Crippen LogP contribution in [-0.2, 0) is 0 Å². The van der Waals surface area contributed by atoms with Gasteiger partial charge in [0.25, 0.3) is 11.8 Å². The molecule has 0 radical (unpaired) electrons. The summed E-state index contributed by atoms with van der Waals surface area (Å²) in [5.41, 5.74) is 0.892. The maximum atomic E-state index is 6.04. The van der Waals surface area contributed by atoms with Crippen molar-refractivity contribution >= 4 is 11.7 Å². The molecule has 6 nitrogen and oxygen atoms in total. The van der Waals surface area contributed by atoms with E-state index in [9.17, 15) is 0 Å². The van der Waals surface area contributed by atoms with Crippen molar-refractivity contribution in [1.82, 2.24) is 13.6 Å². The van der Waals surface area contributed by atoms with Crippen molar-refractivity contribution in [3.63, 3.8) is 0 Å². The third-order valence-electron chi connectivity index (χ3n) is 4.63. The Morgan fingerprint density at radius 1 is 1.23 bits per heavy atom. The first kappa shape index (κ1) is 17.1. The number of aromatic nitrogens is 2. The zero-order chi connectivity index (χ0) is 17.8. The van der Waals surface area contributed by atoms with E-state index in [1.807, 2.05) is 31.2 Å². The van der Waals surface area contributed by atoms with E-state index in [4.69, 9.17) is 14.2 Å². The van der Waals surface area contributed by atoms with Gasteiger partial charge in [0.05, 0.1) is 18.3 Å². The number of hydrogen-bond donors (Lipinski definition) is 0. The second-order valence-corrected chi connectivity index (χ2v) is 6.92. The summed E-state index contributed by atoms with van der Waals surface area (Å²) < 4.78 is 25.6. The highest BCUT2D eigenvalue weighted by molar-refractivity contribution is 6.99. The third kappa shape index (κ3) is 3.92. The largest absolute Gasteiger partial charge is 0.494 e. The fraction of sp³-hybridized carbons (Fsp3) is 0.474. The van der Waals surface area contributed by atoms with Crippen molar-refractivity contribution in [3.8, 4) is 29.4 Å². The molecular formula is C19H21N3O3S. The minimum Gasteiger partial charge on any atom is -0.494 e. The van der Waals surface area contributed by atoms with Gasteiger partial charge < -0.3 is 14.2 Å². The predicted octanol–water partition coefficient (Wildman–Crippen LogP) is 2.45. The Hall–Kier alpha value is -2.30. The van der Waals surface area contributed by atoms with Gasteiger partial charge in [-0.15, -0.1) is 8.75 Å². The number of nitrogens with zero attached hydrogens (tertiary/aromatic N) is 3. The van der Waals surface area contributed by atoms with Crippen LogP contribution in [0.4, 0.5) is 0 Å². The first-order chi connectivity index (χ1) is 12.8. The summed E-state index contributed by atoms with van der Waals surface area (Å²) >= 11 is 1.10. The molecular weight excluding hydrogens is 350 g/mol. The lowest BCUT2D eigenvalue weighted by molar-refractivity contribution is 0.131. The lowest BCUT2D eigenvalue weighted by atomic mass is 10.0. The molecule has 136 valence electrons. The lowest BCUT2D eigenvalue weighted by Crippen LogP contribution is -2.32. The van der Waals surface area contributed by atoms with E-state index in [1.165, 1.54) is 13.0 Å². The molecule has 0 spiro atoms. The van der Waals surface area contributed by atoms with Crippen LogP contribution < -0.4 is 14.2 Å². The summed E-state index contributed by atoms with van der Waals surface area (Å²) in [4.78, 5) is 2.43. The van der Waals surface area contributed by atoms with Crippen LogP contribution in [0.5, 0.6) is 17.5 Å². The Kier molecular flexibility index (Phi) is 5.23. The summed E-state index contributed by atoms with van der Waals surface area (Å²) in [7, 11) is 0. The van der Waals surface area contributed by atoms with Gasteiger partial charge in [0.15, 0.2) is 6.61 Å². The minimum absolute atomic E-state index is 0.197. The number of piperidine rings is 1. The van der Waals surface area contributed by atoms with E-state index in [-0.39, 0.29) is 12.7 Å². The van der Waals surface area contributed by atoms with Gasteiger partial charge in [-0.3, -0.25) is 4.90 Å². The van der Waals surface area contributed by atoms with Crippen molar-refractivity contribution in [1.29, 1.82) is 0 Å². The number of hydrogen-bond acceptors (Lipinski definition) is 7. The Bertz CT molecular complexity index is 814. The molecule has 3 atom stereocenters. The number of fused-ring (bicyclic) bond motifs is 2. The molecule has 3 unspecified atom stereocenters. The molecule has 1 aromatic carbocycles. The molecule has 4 rings (SSSR count). The van der Waals surface area contributed by atoms with Crippen molar-refractivity contribution in [3.05, 3.63) is 29.8 Å². The molecule has 0 saturated carbocycles. The molecule has 26 heavy (non-hydrogen) atoms. The summed E-state index contributed by atoms with van der Waals surface area (Å²) in [6.07, 6.45) is 1.40. The number of ether oxygens (including phenoxy) is 3. The first-order valence-electron chi connectivity index (χ1n) is 8.88. The van der Waals surface area contributed by atoms with Gasteiger partial charge in [0, 0.05) is 24.6 Å². The van der Waals surface area contributed by atoms with E-state index in [2.05, 4.69) is 25.5 Å². The summed E-state index contributed by atoms with van der Waals surface area (Å²) in [6.45, 7) is 6.12. The average molecular weight is 371 g/mol. The molecule has 0 aliphatic carbocycles. The Labute approximate surface area is 157 Å². The summed E-state index contributed by atoms with van der Waals surface area (Å²) in [6, 6.07) is 7.71. The maximum absolute atomic E-state index is 6.04. The maximum Gasteiger partial charge on any atom is 0.292 e. The molecule has 2 saturated heterocycles. The molecule has 2 aliphatic rings. The molecule has 2 aliphatic heterocycles. The molecule has 7 heteroatoms. The van der Waals surface area contributed by atoms with Gasteiger partial charge in [-0.25, -0.2) is 0 Å². The quantitative estimate of drug-likeness (QED) is 0.727. The van der Waals surface area contributed by atoms with Gasteiger partial charge in [-0.05, 0) is 38.1 Å². The van der Waals surface area contributed by atoms with Crippen LogP contribution >= 0.6 is 11.7 Å². The van der Waals surface area contributed by atoms with Gasteiger partial charge in [0.1, 0.15) is 11.9 Å².